The molecular formula is C19H17NO5. The van der Waals surface area contributed by atoms with Crippen LogP contribution in [0.25, 0.3) is 5.57 Å². The average Bonchev–Trinajstić information content (AvgIpc) is 2.84. The lowest BCUT2D eigenvalue weighted by Gasteiger charge is -2.16. The van der Waals surface area contributed by atoms with Crippen LogP contribution in [0.5, 0.6) is 11.5 Å². The maximum absolute atomic E-state index is 12.8. The van der Waals surface area contributed by atoms with Gasteiger partial charge in [-0.1, -0.05) is 29.8 Å². The quantitative estimate of drug-likeness (QED) is 0.867. The Bertz CT molecular complexity index is 861. The van der Waals surface area contributed by atoms with Crippen LogP contribution in [0.15, 0.2) is 48.2 Å². The molecule has 2 amide bonds. The molecule has 0 aromatic heterocycles. The summed E-state index contributed by atoms with van der Waals surface area (Å²) in [5.41, 5.74) is 1.74. The summed E-state index contributed by atoms with van der Waals surface area (Å²) >= 11 is 0. The number of nitrogens with zero attached hydrogens (tertiary/aromatic N) is 1. The minimum atomic E-state index is -0.782. The molecule has 6 nitrogen and oxygen atoms in total. The molecule has 128 valence electrons. The van der Waals surface area contributed by atoms with E-state index in [4.69, 9.17) is 9.47 Å². The van der Waals surface area contributed by atoms with E-state index >= 15 is 0 Å². The van der Waals surface area contributed by atoms with Crippen LogP contribution in [0.4, 0.5) is 5.69 Å². The fraction of sp³-hybridized carbons (Fsp3) is 0.158. The second-order valence-electron chi connectivity index (χ2n) is 5.61. The zero-order valence-corrected chi connectivity index (χ0v) is 14.1. The average molecular weight is 339 g/mol. The van der Waals surface area contributed by atoms with Gasteiger partial charge in [0.05, 0.1) is 25.5 Å². The number of ether oxygens (including phenoxy) is 2. The maximum Gasteiger partial charge on any atom is 0.301 e. The minimum absolute atomic E-state index is 0.0215. The number of aliphatic hydroxyl groups is 1. The Labute approximate surface area is 144 Å². The summed E-state index contributed by atoms with van der Waals surface area (Å²) in [5, 5.41) is 10.2. The third kappa shape index (κ3) is 2.82. The minimum Gasteiger partial charge on any atom is -0.502 e. The molecule has 0 aliphatic carbocycles. The van der Waals surface area contributed by atoms with Crippen molar-refractivity contribution in [2.45, 2.75) is 6.92 Å². The number of anilines is 1. The normalized spacial score (nSPS) is 14.3. The molecule has 0 saturated carbocycles. The number of aliphatic hydroxyl groups excluding tert-OH is 1. The number of aryl methyl sites for hydroxylation is 1. The third-order valence-electron chi connectivity index (χ3n) is 3.99. The highest BCUT2D eigenvalue weighted by molar-refractivity contribution is 6.44. The van der Waals surface area contributed by atoms with Gasteiger partial charge in [0.15, 0.2) is 5.76 Å². The lowest BCUT2D eigenvalue weighted by molar-refractivity contribution is -0.121. The topological polar surface area (TPSA) is 76.1 Å². The maximum atomic E-state index is 12.8. The van der Waals surface area contributed by atoms with Crippen LogP contribution in [0, 0.1) is 6.92 Å². The predicted molar refractivity (Wildman–Crippen MR) is 92.8 cm³/mol. The van der Waals surface area contributed by atoms with Crippen molar-refractivity contribution in [2.24, 2.45) is 0 Å². The van der Waals surface area contributed by atoms with Gasteiger partial charge in [-0.15, -0.1) is 0 Å². The molecule has 1 aliphatic rings. The number of carbonyl (C=O) groups excluding carboxylic acids is 2. The number of imide groups is 1. The highest BCUT2D eigenvalue weighted by Gasteiger charge is 2.40. The SMILES string of the molecule is COc1cc(OC)cc(N2C(=O)C(O)=C(c3ccc(C)cc3)C2=O)c1. The number of amides is 2. The molecule has 0 bridgehead atoms. The number of benzene rings is 2. The first-order valence-electron chi connectivity index (χ1n) is 7.58. The number of carbonyl (C=O) groups is 2. The summed E-state index contributed by atoms with van der Waals surface area (Å²) in [6.45, 7) is 1.91. The zero-order valence-electron chi connectivity index (χ0n) is 14.1. The van der Waals surface area contributed by atoms with Gasteiger partial charge < -0.3 is 14.6 Å². The van der Waals surface area contributed by atoms with Crippen molar-refractivity contribution in [1.29, 1.82) is 0 Å². The Kier molecular flexibility index (Phi) is 4.19. The van der Waals surface area contributed by atoms with Crippen molar-refractivity contribution in [3.05, 3.63) is 59.4 Å². The first kappa shape index (κ1) is 16.6. The van der Waals surface area contributed by atoms with E-state index in [-0.39, 0.29) is 11.3 Å². The molecule has 25 heavy (non-hydrogen) atoms. The molecule has 2 aromatic carbocycles. The summed E-state index contributed by atoms with van der Waals surface area (Å²) in [7, 11) is 2.94. The molecule has 0 radical (unpaired) electrons. The van der Waals surface area contributed by atoms with Crippen LogP contribution < -0.4 is 14.4 Å². The van der Waals surface area contributed by atoms with E-state index in [2.05, 4.69) is 0 Å². The second-order valence-corrected chi connectivity index (χ2v) is 5.61. The Morgan fingerprint density at radius 2 is 1.44 bits per heavy atom. The summed E-state index contributed by atoms with van der Waals surface area (Å²) in [5.74, 6) is -1.09. The molecule has 0 saturated heterocycles. The molecule has 2 aromatic rings. The fourth-order valence-electron chi connectivity index (χ4n) is 2.65. The van der Waals surface area contributed by atoms with Gasteiger partial charge in [0.25, 0.3) is 5.91 Å². The summed E-state index contributed by atoms with van der Waals surface area (Å²) in [6.07, 6.45) is 0. The highest BCUT2D eigenvalue weighted by Crippen LogP contribution is 2.35. The molecule has 0 unspecified atom stereocenters. The molecule has 3 rings (SSSR count). The molecule has 0 atom stereocenters. The number of hydrogen-bond donors (Lipinski definition) is 1. The van der Waals surface area contributed by atoms with Gasteiger partial charge >= 0.3 is 5.91 Å². The predicted octanol–water partition coefficient (Wildman–Crippen LogP) is 2.85. The van der Waals surface area contributed by atoms with E-state index in [0.717, 1.165) is 10.5 Å². The molecule has 1 heterocycles. The third-order valence-corrected chi connectivity index (χ3v) is 3.99. The van der Waals surface area contributed by atoms with Gasteiger partial charge in [0, 0.05) is 18.2 Å². The van der Waals surface area contributed by atoms with Crippen molar-refractivity contribution < 1.29 is 24.2 Å². The van der Waals surface area contributed by atoms with Crippen molar-refractivity contribution in [3.8, 4) is 11.5 Å². The lowest BCUT2D eigenvalue weighted by Crippen LogP contribution is -2.31. The van der Waals surface area contributed by atoms with E-state index in [9.17, 15) is 14.7 Å². The van der Waals surface area contributed by atoms with Gasteiger partial charge in [-0.25, -0.2) is 4.90 Å². The van der Waals surface area contributed by atoms with E-state index in [0.29, 0.717) is 17.1 Å². The summed E-state index contributed by atoms with van der Waals surface area (Å²) < 4.78 is 10.3. The number of hydrogen-bond acceptors (Lipinski definition) is 5. The number of methoxy groups -OCH3 is 2. The Morgan fingerprint density at radius 1 is 0.880 bits per heavy atom. The van der Waals surface area contributed by atoms with E-state index < -0.39 is 17.6 Å². The van der Waals surface area contributed by atoms with E-state index in [1.165, 1.54) is 26.4 Å². The van der Waals surface area contributed by atoms with Gasteiger partial charge in [0.2, 0.25) is 0 Å². The Morgan fingerprint density at radius 3 is 1.96 bits per heavy atom. The summed E-state index contributed by atoms with van der Waals surface area (Å²) in [4.78, 5) is 26.2. The Hall–Kier alpha value is -3.28. The van der Waals surface area contributed by atoms with Crippen LogP contribution in [-0.4, -0.2) is 31.1 Å². The van der Waals surface area contributed by atoms with Gasteiger partial charge in [-0.2, -0.15) is 0 Å². The van der Waals surface area contributed by atoms with Crippen molar-refractivity contribution in [3.63, 3.8) is 0 Å². The van der Waals surface area contributed by atoms with Crippen LogP contribution >= 0.6 is 0 Å². The lowest BCUT2D eigenvalue weighted by atomic mass is 10.0. The van der Waals surface area contributed by atoms with Crippen LogP contribution in [-0.2, 0) is 9.59 Å². The van der Waals surface area contributed by atoms with Gasteiger partial charge in [-0.05, 0) is 12.5 Å². The largest absolute Gasteiger partial charge is 0.502 e. The summed E-state index contributed by atoms with van der Waals surface area (Å²) in [6, 6.07) is 11.7. The Balaban J connectivity index is 2.05. The fourth-order valence-corrected chi connectivity index (χ4v) is 2.65. The van der Waals surface area contributed by atoms with E-state index in [1.807, 2.05) is 19.1 Å². The van der Waals surface area contributed by atoms with Crippen LogP contribution in [0.3, 0.4) is 0 Å². The van der Waals surface area contributed by atoms with E-state index in [1.54, 1.807) is 18.2 Å². The first-order chi connectivity index (χ1) is 12.0. The van der Waals surface area contributed by atoms with Crippen molar-refractivity contribution >= 4 is 23.1 Å². The highest BCUT2D eigenvalue weighted by atomic mass is 16.5. The number of rotatable bonds is 4. The zero-order chi connectivity index (χ0) is 18.1. The standard InChI is InChI=1S/C19H17NO5/c1-11-4-6-12(7-5-11)16-17(21)19(23)20(18(16)22)13-8-14(24-2)10-15(9-13)25-3/h4-10,21H,1-3H3. The van der Waals surface area contributed by atoms with Crippen molar-refractivity contribution in [1.82, 2.24) is 0 Å². The molecule has 0 fully saturated rings. The van der Waals surface area contributed by atoms with Crippen molar-refractivity contribution in [2.75, 3.05) is 19.1 Å². The molecule has 0 spiro atoms. The van der Waals surface area contributed by atoms with Gasteiger partial charge in [0.1, 0.15) is 11.5 Å². The molecule has 1 N–H and O–H groups in total. The molecule has 6 heteroatoms. The molecular weight excluding hydrogens is 322 g/mol. The smallest absolute Gasteiger partial charge is 0.301 e. The van der Waals surface area contributed by atoms with Gasteiger partial charge in [-0.3, -0.25) is 9.59 Å². The monoisotopic (exact) mass is 339 g/mol. The van der Waals surface area contributed by atoms with Crippen LogP contribution in [0.1, 0.15) is 11.1 Å². The molecule has 1 aliphatic heterocycles. The first-order valence-corrected chi connectivity index (χ1v) is 7.58. The second kappa shape index (κ2) is 6.32. The van der Waals surface area contributed by atoms with Crippen LogP contribution in [0.2, 0.25) is 0 Å².